The van der Waals surface area contributed by atoms with Gasteiger partial charge in [-0.2, -0.15) is 0 Å². The van der Waals surface area contributed by atoms with E-state index in [1.165, 1.54) is 11.8 Å². The van der Waals surface area contributed by atoms with E-state index in [1.807, 2.05) is 41.3 Å². The number of amides is 1. The summed E-state index contributed by atoms with van der Waals surface area (Å²) in [5.74, 6) is 1.42. The number of anilines is 1. The van der Waals surface area contributed by atoms with Crippen molar-refractivity contribution in [3.05, 3.63) is 54.1 Å². The van der Waals surface area contributed by atoms with Crippen molar-refractivity contribution in [2.45, 2.75) is 11.7 Å². The van der Waals surface area contributed by atoms with E-state index in [0.29, 0.717) is 30.5 Å². The molecule has 0 radical (unpaired) electrons. The highest BCUT2D eigenvalue weighted by Gasteiger charge is 2.22. The summed E-state index contributed by atoms with van der Waals surface area (Å²) >= 11 is 1.35. The van der Waals surface area contributed by atoms with Crippen LogP contribution in [0.1, 0.15) is 5.56 Å². The normalized spacial score (nSPS) is 14.0. The predicted octanol–water partition coefficient (Wildman–Crippen LogP) is 1.88. The van der Waals surface area contributed by atoms with E-state index in [1.54, 1.807) is 23.9 Å². The fraction of sp³-hybridized carbons (Fsp3) is 0.333. The molecule has 0 atom stereocenters. The van der Waals surface area contributed by atoms with Gasteiger partial charge in [0.05, 0.1) is 19.4 Å². The molecule has 0 aliphatic carbocycles. The molecule has 1 aliphatic heterocycles. The van der Waals surface area contributed by atoms with E-state index >= 15 is 0 Å². The third kappa shape index (κ3) is 5.26. The van der Waals surface area contributed by atoms with Crippen molar-refractivity contribution in [1.82, 2.24) is 25.1 Å². The highest BCUT2D eigenvalue weighted by Crippen LogP contribution is 2.21. The molecule has 2 aromatic carbocycles. The summed E-state index contributed by atoms with van der Waals surface area (Å²) in [6.07, 6.45) is 0. The molecular weight excluding hydrogens is 416 g/mol. The number of tetrazole rings is 1. The topological polar surface area (TPSA) is 96.6 Å². The number of methoxy groups -OCH3 is 1. The summed E-state index contributed by atoms with van der Waals surface area (Å²) in [5, 5.41) is 21.9. The molecule has 2 heterocycles. The van der Waals surface area contributed by atoms with Crippen molar-refractivity contribution in [1.29, 1.82) is 0 Å². The molecule has 1 fully saturated rings. The molecule has 1 amide bonds. The number of rotatable bonds is 7. The number of piperazine rings is 1. The Balaban J connectivity index is 1.27. The number of aromatic hydroxyl groups is 1. The van der Waals surface area contributed by atoms with Gasteiger partial charge in [0.15, 0.2) is 0 Å². The van der Waals surface area contributed by atoms with Crippen LogP contribution in [0.15, 0.2) is 53.7 Å². The maximum atomic E-state index is 12.7. The molecule has 1 aliphatic rings. The zero-order valence-corrected chi connectivity index (χ0v) is 18.0. The molecule has 0 saturated carbocycles. The molecule has 0 unspecified atom stereocenters. The highest BCUT2D eigenvalue weighted by molar-refractivity contribution is 7.99. The fourth-order valence-electron chi connectivity index (χ4n) is 3.40. The largest absolute Gasteiger partial charge is 0.508 e. The Hall–Kier alpha value is -3.27. The smallest absolute Gasteiger partial charge is 0.233 e. The summed E-state index contributed by atoms with van der Waals surface area (Å²) in [6, 6.07) is 14.9. The van der Waals surface area contributed by atoms with Crippen LogP contribution in [-0.4, -0.2) is 75.2 Å². The van der Waals surface area contributed by atoms with E-state index < -0.39 is 0 Å². The van der Waals surface area contributed by atoms with Crippen LogP contribution >= 0.6 is 11.8 Å². The Labute approximate surface area is 184 Å². The second-order valence-corrected chi connectivity index (χ2v) is 8.08. The van der Waals surface area contributed by atoms with Crippen molar-refractivity contribution in [2.75, 3.05) is 43.9 Å². The minimum absolute atomic E-state index is 0.0781. The van der Waals surface area contributed by atoms with Crippen molar-refractivity contribution in [3.8, 4) is 11.5 Å². The third-order valence-corrected chi connectivity index (χ3v) is 6.10. The first-order valence-electron chi connectivity index (χ1n) is 9.96. The van der Waals surface area contributed by atoms with Gasteiger partial charge in [0.1, 0.15) is 11.5 Å². The molecule has 0 spiro atoms. The van der Waals surface area contributed by atoms with Crippen LogP contribution in [0.5, 0.6) is 11.5 Å². The average molecular weight is 441 g/mol. The number of nitrogens with zero attached hydrogens (tertiary/aromatic N) is 6. The van der Waals surface area contributed by atoms with Gasteiger partial charge >= 0.3 is 0 Å². The van der Waals surface area contributed by atoms with Crippen molar-refractivity contribution < 1.29 is 14.6 Å². The number of thioether (sulfide) groups is 1. The van der Waals surface area contributed by atoms with Gasteiger partial charge in [-0.3, -0.25) is 4.79 Å². The molecule has 10 heteroatoms. The van der Waals surface area contributed by atoms with E-state index in [-0.39, 0.29) is 11.7 Å². The van der Waals surface area contributed by atoms with Gasteiger partial charge < -0.3 is 19.6 Å². The molecule has 1 N–H and O–H groups in total. The maximum absolute atomic E-state index is 12.7. The summed E-state index contributed by atoms with van der Waals surface area (Å²) in [6.45, 7) is 3.37. The van der Waals surface area contributed by atoms with Crippen LogP contribution in [0.4, 0.5) is 5.69 Å². The minimum Gasteiger partial charge on any atom is -0.508 e. The van der Waals surface area contributed by atoms with Gasteiger partial charge in [0, 0.05) is 31.9 Å². The van der Waals surface area contributed by atoms with Crippen LogP contribution in [0.2, 0.25) is 0 Å². The Kier molecular flexibility index (Phi) is 6.56. The number of phenolic OH excluding ortho intramolecular Hbond substituents is 1. The van der Waals surface area contributed by atoms with Gasteiger partial charge in [-0.1, -0.05) is 23.9 Å². The second-order valence-electron chi connectivity index (χ2n) is 7.14. The zero-order chi connectivity index (χ0) is 21.6. The molecular formula is C21H24N6O3S. The Morgan fingerprint density at radius 3 is 2.45 bits per heavy atom. The zero-order valence-electron chi connectivity index (χ0n) is 17.2. The van der Waals surface area contributed by atoms with Crippen LogP contribution in [0, 0.1) is 0 Å². The van der Waals surface area contributed by atoms with Crippen LogP contribution in [-0.2, 0) is 11.3 Å². The predicted molar refractivity (Wildman–Crippen MR) is 118 cm³/mol. The van der Waals surface area contributed by atoms with Crippen molar-refractivity contribution in [3.63, 3.8) is 0 Å². The lowest BCUT2D eigenvalue weighted by Crippen LogP contribution is -2.49. The standard InChI is InChI=1S/C21H24N6O3S/c1-30-19-8-2-16(3-9-19)14-27-21(22-23-24-27)31-15-20(29)26-12-10-25(11-13-26)17-4-6-18(28)7-5-17/h2-9,28H,10-15H2,1H3. The molecule has 0 bridgehead atoms. The number of phenols is 1. The summed E-state index contributed by atoms with van der Waals surface area (Å²) in [5.41, 5.74) is 2.10. The van der Waals surface area contributed by atoms with E-state index in [4.69, 9.17) is 4.74 Å². The number of benzene rings is 2. The molecule has 3 aromatic rings. The molecule has 162 valence electrons. The lowest BCUT2D eigenvalue weighted by atomic mass is 10.2. The van der Waals surface area contributed by atoms with Crippen molar-refractivity contribution >= 4 is 23.4 Å². The Morgan fingerprint density at radius 2 is 1.77 bits per heavy atom. The number of carbonyl (C=O) groups excluding carboxylic acids is 1. The lowest BCUT2D eigenvalue weighted by molar-refractivity contribution is -0.128. The molecule has 31 heavy (non-hydrogen) atoms. The first-order chi connectivity index (χ1) is 15.1. The molecule has 1 saturated heterocycles. The van der Waals surface area contributed by atoms with Crippen LogP contribution in [0.25, 0.3) is 0 Å². The Bertz CT molecular complexity index is 1000. The minimum atomic E-state index is 0.0781. The van der Waals surface area contributed by atoms with Crippen LogP contribution in [0.3, 0.4) is 0 Å². The van der Waals surface area contributed by atoms with Gasteiger partial charge in [-0.05, 0) is 52.4 Å². The summed E-state index contributed by atoms with van der Waals surface area (Å²) in [4.78, 5) is 16.8. The average Bonchev–Trinajstić information content (AvgIpc) is 3.25. The van der Waals surface area contributed by atoms with Crippen LogP contribution < -0.4 is 9.64 Å². The van der Waals surface area contributed by atoms with Crippen molar-refractivity contribution in [2.24, 2.45) is 0 Å². The van der Waals surface area contributed by atoms with Gasteiger partial charge in [0.25, 0.3) is 0 Å². The third-order valence-electron chi connectivity index (χ3n) is 5.16. The second kappa shape index (κ2) is 9.69. The van der Waals surface area contributed by atoms with Gasteiger partial charge in [-0.15, -0.1) is 5.10 Å². The fourth-order valence-corrected chi connectivity index (χ4v) is 4.18. The lowest BCUT2D eigenvalue weighted by Gasteiger charge is -2.36. The Morgan fingerprint density at radius 1 is 1.06 bits per heavy atom. The first kappa shape index (κ1) is 21.0. The quantitative estimate of drug-likeness (QED) is 0.557. The monoisotopic (exact) mass is 440 g/mol. The van der Waals surface area contributed by atoms with Gasteiger partial charge in [0.2, 0.25) is 11.1 Å². The summed E-state index contributed by atoms with van der Waals surface area (Å²) in [7, 11) is 1.63. The van der Waals surface area contributed by atoms with E-state index in [2.05, 4.69) is 20.4 Å². The number of ether oxygens (including phenoxy) is 1. The first-order valence-corrected chi connectivity index (χ1v) is 10.9. The molecule has 4 rings (SSSR count). The number of aromatic nitrogens is 4. The van der Waals surface area contributed by atoms with E-state index in [0.717, 1.165) is 30.1 Å². The number of hydrogen-bond donors (Lipinski definition) is 1. The van der Waals surface area contributed by atoms with Gasteiger partial charge in [-0.25, -0.2) is 4.68 Å². The number of hydrogen-bond acceptors (Lipinski definition) is 8. The molecule has 9 nitrogen and oxygen atoms in total. The highest BCUT2D eigenvalue weighted by atomic mass is 32.2. The maximum Gasteiger partial charge on any atom is 0.233 e. The SMILES string of the molecule is COc1ccc(Cn2nnnc2SCC(=O)N2CCN(c3ccc(O)cc3)CC2)cc1. The summed E-state index contributed by atoms with van der Waals surface area (Å²) < 4.78 is 6.88. The van der Waals surface area contributed by atoms with E-state index in [9.17, 15) is 9.90 Å². The number of carbonyl (C=O) groups is 1. The molecule has 1 aromatic heterocycles.